The Morgan fingerprint density at radius 2 is 1.92 bits per heavy atom. The summed E-state index contributed by atoms with van der Waals surface area (Å²) in [4.78, 5) is 25.3. The van der Waals surface area contributed by atoms with Crippen molar-refractivity contribution in [2.75, 3.05) is 20.2 Å². The van der Waals surface area contributed by atoms with Crippen molar-refractivity contribution >= 4 is 23.2 Å². The molecule has 0 radical (unpaired) electrons. The van der Waals surface area contributed by atoms with Crippen LogP contribution in [0.1, 0.15) is 69.6 Å². The minimum Gasteiger partial charge on any atom is -0.497 e. The smallest absolute Gasteiger partial charge is 0.292 e. The summed E-state index contributed by atoms with van der Waals surface area (Å²) in [6.45, 7) is 8.93. The SMILES string of the molecule is CCC.CCC=NC1=C(C)CCN(C(=O)c2ocnc2C(F)F)C1.COc1cc(F)c2ocnc2c1. The van der Waals surface area contributed by atoms with Crippen LogP contribution in [0.4, 0.5) is 13.2 Å². The molecule has 0 aliphatic carbocycles. The summed E-state index contributed by atoms with van der Waals surface area (Å²) >= 11 is 0. The molecule has 11 heteroatoms. The summed E-state index contributed by atoms with van der Waals surface area (Å²) in [5.41, 5.74) is 1.93. The molecule has 2 aromatic heterocycles. The number of rotatable bonds is 5. The summed E-state index contributed by atoms with van der Waals surface area (Å²) in [6, 6.07) is 2.87. The van der Waals surface area contributed by atoms with Crippen LogP contribution in [0.3, 0.4) is 0 Å². The molecule has 0 atom stereocenters. The van der Waals surface area contributed by atoms with E-state index in [2.05, 4.69) is 28.8 Å². The zero-order valence-electron chi connectivity index (χ0n) is 21.1. The number of carbonyl (C=O) groups excluding carboxylic acids is 1. The summed E-state index contributed by atoms with van der Waals surface area (Å²) in [7, 11) is 1.47. The maximum atomic E-state index is 13.1. The lowest BCUT2D eigenvalue weighted by Crippen LogP contribution is -2.37. The van der Waals surface area contributed by atoms with Crippen LogP contribution >= 0.6 is 0 Å². The Kier molecular flexibility index (Phi) is 11.2. The van der Waals surface area contributed by atoms with Gasteiger partial charge in [-0.05, 0) is 25.3 Å². The van der Waals surface area contributed by atoms with Crippen molar-refractivity contribution in [3.63, 3.8) is 0 Å². The van der Waals surface area contributed by atoms with Gasteiger partial charge < -0.3 is 18.5 Å². The van der Waals surface area contributed by atoms with Gasteiger partial charge in [-0.3, -0.25) is 9.79 Å². The number of aromatic nitrogens is 2. The van der Waals surface area contributed by atoms with Gasteiger partial charge >= 0.3 is 0 Å². The highest BCUT2D eigenvalue weighted by Crippen LogP contribution is 2.25. The summed E-state index contributed by atoms with van der Waals surface area (Å²) in [5, 5.41) is 0. The highest BCUT2D eigenvalue weighted by atomic mass is 19.3. The average Bonchev–Trinajstić information content (AvgIpc) is 3.54. The molecule has 0 spiro atoms. The molecule has 36 heavy (non-hydrogen) atoms. The molecule has 0 N–H and O–H groups in total. The van der Waals surface area contributed by atoms with E-state index >= 15 is 0 Å². The first kappa shape index (κ1) is 28.6. The molecule has 1 aliphatic heterocycles. The quantitative estimate of drug-likeness (QED) is 0.360. The number of hydrogen-bond acceptors (Lipinski definition) is 7. The van der Waals surface area contributed by atoms with Crippen molar-refractivity contribution < 1.29 is 31.5 Å². The van der Waals surface area contributed by atoms with Crippen molar-refractivity contribution in [3.8, 4) is 5.75 Å². The van der Waals surface area contributed by atoms with E-state index in [0.717, 1.165) is 24.1 Å². The number of hydrogen-bond donors (Lipinski definition) is 0. The zero-order chi connectivity index (χ0) is 26.7. The molecule has 3 heterocycles. The zero-order valence-corrected chi connectivity index (χ0v) is 21.1. The van der Waals surface area contributed by atoms with Gasteiger partial charge in [-0.15, -0.1) is 0 Å². The maximum absolute atomic E-state index is 13.1. The topological polar surface area (TPSA) is 94.0 Å². The van der Waals surface area contributed by atoms with Gasteiger partial charge in [-0.25, -0.2) is 23.1 Å². The van der Waals surface area contributed by atoms with Gasteiger partial charge in [-0.2, -0.15) is 0 Å². The number of methoxy groups -OCH3 is 1. The van der Waals surface area contributed by atoms with Crippen molar-refractivity contribution in [1.29, 1.82) is 0 Å². The molecular formula is C25H31F3N4O4. The first-order valence-electron chi connectivity index (χ1n) is 11.6. The molecule has 0 saturated heterocycles. The fraction of sp³-hybridized carbons (Fsp3) is 0.440. The summed E-state index contributed by atoms with van der Waals surface area (Å²) in [5.74, 6) is -0.973. The number of aliphatic imine (C=N–C) groups is 1. The lowest BCUT2D eigenvalue weighted by molar-refractivity contribution is 0.0715. The van der Waals surface area contributed by atoms with Crippen LogP contribution in [-0.4, -0.2) is 47.2 Å². The van der Waals surface area contributed by atoms with Gasteiger partial charge in [0, 0.05) is 24.9 Å². The van der Waals surface area contributed by atoms with E-state index in [9.17, 15) is 18.0 Å². The largest absolute Gasteiger partial charge is 0.497 e. The number of amides is 1. The van der Waals surface area contributed by atoms with Crippen molar-refractivity contribution in [1.82, 2.24) is 14.9 Å². The van der Waals surface area contributed by atoms with Crippen molar-refractivity contribution in [2.45, 2.75) is 53.4 Å². The third-order valence-electron chi connectivity index (χ3n) is 4.90. The highest BCUT2D eigenvalue weighted by molar-refractivity contribution is 5.93. The number of oxazole rings is 2. The number of fused-ring (bicyclic) bond motifs is 1. The number of halogens is 3. The predicted octanol–water partition coefficient (Wildman–Crippen LogP) is 6.60. The van der Waals surface area contributed by atoms with Crippen molar-refractivity contribution in [2.24, 2.45) is 4.99 Å². The van der Waals surface area contributed by atoms with Crippen LogP contribution in [0.25, 0.3) is 11.1 Å². The third-order valence-corrected chi connectivity index (χ3v) is 4.90. The molecule has 3 aromatic rings. The average molecular weight is 509 g/mol. The minimum atomic E-state index is -2.83. The van der Waals surface area contributed by atoms with Crippen LogP contribution in [0.15, 0.2) is 50.0 Å². The van der Waals surface area contributed by atoms with Gasteiger partial charge in [-0.1, -0.05) is 27.2 Å². The summed E-state index contributed by atoms with van der Waals surface area (Å²) in [6.07, 6.45) is 3.72. The Labute approximate surface area is 207 Å². The highest BCUT2D eigenvalue weighted by Gasteiger charge is 2.29. The van der Waals surface area contributed by atoms with E-state index in [1.54, 1.807) is 12.3 Å². The van der Waals surface area contributed by atoms with Gasteiger partial charge in [0.25, 0.3) is 12.3 Å². The number of ether oxygens (including phenoxy) is 1. The van der Waals surface area contributed by atoms with Crippen LogP contribution in [0.2, 0.25) is 0 Å². The second-order valence-corrected chi connectivity index (χ2v) is 7.81. The number of alkyl halides is 2. The fourth-order valence-corrected chi connectivity index (χ4v) is 3.10. The van der Waals surface area contributed by atoms with E-state index in [1.807, 2.05) is 13.8 Å². The molecule has 1 aromatic carbocycles. The third kappa shape index (κ3) is 7.43. The van der Waals surface area contributed by atoms with E-state index in [1.165, 1.54) is 30.9 Å². The number of carbonyl (C=O) groups is 1. The van der Waals surface area contributed by atoms with E-state index < -0.39 is 23.8 Å². The molecule has 0 saturated carbocycles. The van der Waals surface area contributed by atoms with Crippen LogP contribution in [-0.2, 0) is 0 Å². The maximum Gasteiger partial charge on any atom is 0.292 e. The first-order chi connectivity index (χ1) is 17.3. The fourth-order valence-electron chi connectivity index (χ4n) is 3.10. The Balaban J connectivity index is 0.000000255. The number of nitrogens with zero attached hydrogens (tertiary/aromatic N) is 4. The summed E-state index contributed by atoms with van der Waals surface area (Å²) < 4.78 is 53.1. The molecule has 0 fully saturated rings. The standard InChI is InChI=1S/C14H17F2N3O2.C8H6FNO2.C3H8/c1-3-5-17-10-7-19(6-4-9(10)2)14(20)12-11(13(15)16)18-8-21-12;1-11-5-2-6(9)8-7(3-5)10-4-12-8;1-3-2/h5,8,13H,3-4,6-7H2,1-2H3;2-4H,1H3;3H2,1-2H3. The van der Waals surface area contributed by atoms with Gasteiger partial charge in [0.05, 0.1) is 19.4 Å². The van der Waals surface area contributed by atoms with E-state index in [4.69, 9.17) is 13.6 Å². The lowest BCUT2D eigenvalue weighted by Gasteiger charge is -2.27. The van der Waals surface area contributed by atoms with Gasteiger partial charge in [0.2, 0.25) is 5.76 Å². The Morgan fingerprint density at radius 1 is 1.22 bits per heavy atom. The normalized spacial score (nSPS) is 13.5. The van der Waals surface area contributed by atoms with Gasteiger partial charge in [0.15, 0.2) is 29.9 Å². The predicted molar refractivity (Wildman–Crippen MR) is 130 cm³/mol. The van der Waals surface area contributed by atoms with E-state index in [-0.39, 0.29) is 11.3 Å². The molecule has 4 rings (SSSR count). The Hall–Kier alpha value is -3.63. The Bertz CT molecular complexity index is 1190. The van der Waals surface area contributed by atoms with Crippen LogP contribution in [0, 0.1) is 5.82 Å². The molecule has 0 unspecified atom stereocenters. The van der Waals surface area contributed by atoms with Crippen LogP contribution in [0.5, 0.6) is 5.75 Å². The number of benzene rings is 1. The molecule has 0 bridgehead atoms. The second-order valence-electron chi connectivity index (χ2n) is 7.81. The Morgan fingerprint density at radius 3 is 2.56 bits per heavy atom. The van der Waals surface area contributed by atoms with E-state index in [0.29, 0.717) is 30.8 Å². The first-order valence-corrected chi connectivity index (χ1v) is 11.6. The molecular weight excluding hydrogens is 477 g/mol. The molecule has 8 nitrogen and oxygen atoms in total. The van der Waals surface area contributed by atoms with Crippen molar-refractivity contribution in [3.05, 3.63) is 53.5 Å². The second kappa shape index (κ2) is 14.1. The lowest BCUT2D eigenvalue weighted by atomic mass is 10.1. The van der Waals surface area contributed by atoms with Gasteiger partial charge in [0.1, 0.15) is 11.3 Å². The minimum absolute atomic E-state index is 0.163. The molecule has 196 valence electrons. The monoisotopic (exact) mass is 508 g/mol. The molecule has 1 amide bonds. The molecule has 1 aliphatic rings. The van der Waals surface area contributed by atoms with Crippen LogP contribution < -0.4 is 4.74 Å².